The van der Waals surface area contributed by atoms with Gasteiger partial charge in [0, 0.05) is 17.2 Å². The van der Waals surface area contributed by atoms with E-state index in [2.05, 4.69) is 20.8 Å². The molecule has 0 atom stereocenters. The van der Waals surface area contributed by atoms with Crippen LogP contribution in [0.15, 0.2) is 108 Å². The molecule has 5 rings (SSSR count). The van der Waals surface area contributed by atoms with Crippen LogP contribution in [-0.2, 0) is 21.4 Å². The molecule has 8 heteroatoms. The van der Waals surface area contributed by atoms with Crippen molar-refractivity contribution in [2.24, 2.45) is 5.92 Å². The molecule has 7 nitrogen and oxygen atoms in total. The van der Waals surface area contributed by atoms with Crippen LogP contribution in [0.25, 0.3) is 22.0 Å². The summed E-state index contributed by atoms with van der Waals surface area (Å²) in [6.45, 7) is 8.53. The summed E-state index contributed by atoms with van der Waals surface area (Å²) in [7, 11) is -4.22. The summed E-state index contributed by atoms with van der Waals surface area (Å²) in [5.41, 5.74) is 2.54. The molecule has 0 spiro atoms. The SMILES string of the molecule is CC(C)C.CCOC(=O)c1c(-c2ccccc2C=N)c2cc(OCc3ccccc3)ccc2n1S(=O)(=O)c1ccccc1. The van der Waals surface area contributed by atoms with E-state index in [1.807, 2.05) is 30.3 Å². The minimum Gasteiger partial charge on any atom is -0.489 e. The van der Waals surface area contributed by atoms with E-state index in [0.29, 0.717) is 39.9 Å². The highest BCUT2D eigenvalue weighted by atomic mass is 32.2. The quantitative estimate of drug-likeness (QED) is 0.137. The van der Waals surface area contributed by atoms with E-state index in [4.69, 9.17) is 14.9 Å². The summed E-state index contributed by atoms with van der Waals surface area (Å²) in [5, 5.41) is 8.46. The van der Waals surface area contributed by atoms with Gasteiger partial charge in [-0.1, -0.05) is 93.6 Å². The minimum absolute atomic E-state index is 0.0312. The smallest absolute Gasteiger partial charge is 0.356 e. The number of carbonyl (C=O) groups is 1. The summed E-state index contributed by atoms with van der Waals surface area (Å²) in [5.74, 6) is 0.555. The number of esters is 1. The maximum absolute atomic E-state index is 14.1. The zero-order chi connectivity index (χ0) is 31.0. The highest BCUT2D eigenvalue weighted by Crippen LogP contribution is 2.40. The van der Waals surface area contributed by atoms with E-state index in [1.165, 1.54) is 18.3 Å². The predicted octanol–water partition coefficient (Wildman–Crippen LogP) is 7.96. The van der Waals surface area contributed by atoms with Crippen LogP contribution >= 0.6 is 0 Å². The van der Waals surface area contributed by atoms with Crippen LogP contribution in [0.5, 0.6) is 5.75 Å². The first kappa shape index (κ1) is 31.3. The van der Waals surface area contributed by atoms with E-state index in [-0.39, 0.29) is 17.2 Å². The van der Waals surface area contributed by atoms with Crippen LogP contribution in [0.3, 0.4) is 0 Å². The van der Waals surface area contributed by atoms with Crippen molar-refractivity contribution >= 4 is 33.1 Å². The number of carbonyl (C=O) groups excluding carboxylic acids is 1. The van der Waals surface area contributed by atoms with Crippen molar-refractivity contribution in [3.63, 3.8) is 0 Å². The van der Waals surface area contributed by atoms with Gasteiger partial charge in [0.1, 0.15) is 12.4 Å². The summed E-state index contributed by atoms with van der Waals surface area (Å²) in [6, 6.07) is 29.7. The highest BCUT2D eigenvalue weighted by Gasteiger charge is 2.33. The second kappa shape index (κ2) is 14.0. The van der Waals surface area contributed by atoms with Crippen molar-refractivity contribution in [1.82, 2.24) is 3.97 Å². The van der Waals surface area contributed by atoms with E-state index in [1.54, 1.807) is 67.6 Å². The van der Waals surface area contributed by atoms with Gasteiger partial charge < -0.3 is 14.9 Å². The van der Waals surface area contributed by atoms with Gasteiger partial charge in [-0.15, -0.1) is 0 Å². The van der Waals surface area contributed by atoms with Gasteiger partial charge in [0.2, 0.25) is 0 Å². The molecule has 5 aromatic rings. The number of nitrogens with one attached hydrogen (secondary N) is 1. The third-order valence-electron chi connectivity index (χ3n) is 6.28. The summed E-state index contributed by atoms with van der Waals surface area (Å²) in [6.07, 6.45) is 1.18. The van der Waals surface area contributed by atoms with Crippen LogP contribution in [0.4, 0.5) is 0 Å². The zero-order valence-corrected chi connectivity index (χ0v) is 25.6. The Morgan fingerprint density at radius 2 is 1.49 bits per heavy atom. The molecule has 43 heavy (non-hydrogen) atoms. The topological polar surface area (TPSA) is 98.4 Å². The first-order valence-corrected chi connectivity index (χ1v) is 15.6. The fourth-order valence-electron chi connectivity index (χ4n) is 4.53. The third kappa shape index (κ3) is 7.04. The van der Waals surface area contributed by atoms with Crippen LogP contribution in [0, 0.1) is 11.3 Å². The van der Waals surface area contributed by atoms with Crippen LogP contribution in [-0.4, -0.2) is 31.2 Å². The Morgan fingerprint density at radius 1 is 0.884 bits per heavy atom. The van der Waals surface area contributed by atoms with Crippen molar-refractivity contribution in [2.45, 2.75) is 39.2 Å². The lowest BCUT2D eigenvalue weighted by atomic mass is 9.97. The van der Waals surface area contributed by atoms with Crippen molar-refractivity contribution in [1.29, 1.82) is 5.41 Å². The molecule has 0 amide bonds. The first-order chi connectivity index (χ1) is 20.7. The van der Waals surface area contributed by atoms with Gasteiger partial charge in [0.25, 0.3) is 10.0 Å². The van der Waals surface area contributed by atoms with E-state index < -0.39 is 16.0 Å². The Labute approximate surface area is 253 Å². The number of benzene rings is 4. The van der Waals surface area contributed by atoms with E-state index >= 15 is 0 Å². The molecule has 0 saturated heterocycles. The van der Waals surface area contributed by atoms with Crippen molar-refractivity contribution in [2.75, 3.05) is 6.61 Å². The molecule has 0 saturated carbocycles. The maximum atomic E-state index is 14.1. The zero-order valence-electron chi connectivity index (χ0n) is 24.8. The van der Waals surface area contributed by atoms with Gasteiger partial charge in [-0.05, 0) is 59.9 Å². The number of nitrogens with zero attached hydrogens (tertiary/aromatic N) is 1. The molecule has 0 aliphatic heterocycles. The monoisotopic (exact) mass is 596 g/mol. The molecule has 0 fully saturated rings. The Hall–Kier alpha value is -4.69. The fraction of sp³-hybridized carbons (Fsp3) is 0.200. The highest BCUT2D eigenvalue weighted by molar-refractivity contribution is 7.90. The number of hydrogen-bond donors (Lipinski definition) is 1. The molecule has 0 bridgehead atoms. The lowest BCUT2D eigenvalue weighted by Crippen LogP contribution is -2.20. The summed E-state index contributed by atoms with van der Waals surface area (Å²) in [4.78, 5) is 13.5. The number of hydrogen-bond acceptors (Lipinski definition) is 6. The Bertz CT molecular complexity index is 1810. The third-order valence-corrected chi connectivity index (χ3v) is 8.01. The van der Waals surface area contributed by atoms with Gasteiger partial charge in [-0.2, -0.15) is 0 Å². The predicted molar refractivity (Wildman–Crippen MR) is 172 cm³/mol. The molecule has 0 unspecified atom stereocenters. The Kier molecular flexibility index (Phi) is 10.2. The number of fused-ring (bicyclic) bond motifs is 1. The second-order valence-corrected chi connectivity index (χ2v) is 12.2. The van der Waals surface area contributed by atoms with Crippen molar-refractivity contribution in [3.8, 4) is 16.9 Å². The molecule has 0 aliphatic rings. The number of ether oxygens (including phenoxy) is 2. The number of aromatic nitrogens is 1. The summed E-state index contributed by atoms with van der Waals surface area (Å²) < 4.78 is 40.6. The summed E-state index contributed by atoms with van der Waals surface area (Å²) >= 11 is 0. The Balaban J connectivity index is 0.000000996. The van der Waals surface area contributed by atoms with Gasteiger partial charge in [0.05, 0.1) is 17.0 Å². The van der Waals surface area contributed by atoms with Gasteiger partial charge in [-0.3, -0.25) is 0 Å². The fourth-order valence-corrected chi connectivity index (χ4v) is 6.06. The molecule has 0 aliphatic carbocycles. The second-order valence-electron chi connectivity index (χ2n) is 10.4. The lowest BCUT2D eigenvalue weighted by Gasteiger charge is -2.13. The minimum atomic E-state index is -4.22. The van der Waals surface area contributed by atoms with Gasteiger partial charge >= 0.3 is 5.97 Å². The lowest BCUT2D eigenvalue weighted by molar-refractivity contribution is 0.0519. The molecule has 1 N–H and O–H groups in total. The average Bonchev–Trinajstić information content (AvgIpc) is 3.36. The maximum Gasteiger partial charge on any atom is 0.356 e. The molecule has 4 aromatic carbocycles. The molecular formula is C35H36N2O5S. The molecule has 1 heterocycles. The largest absolute Gasteiger partial charge is 0.489 e. The van der Waals surface area contributed by atoms with Gasteiger partial charge in [0.15, 0.2) is 5.69 Å². The van der Waals surface area contributed by atoms with Crippen molar-refractivity contribution < 1.29 is 22.7 Å². The molecule has 1 aromatic heterocycles. The number of rotatable bonds is 9. The van der Waals surface area contributed by atoms with Crippen LogP contribution in [0.1, 0.15) is 49.3 Å². The van der Waals surface area contributed by atoms with Gasteiger partial charge in [-0.25, -0.2) is 17.2 Å². The molecule has 0 radical (unpaired) electrons. The molecule has 222 valence electrons. The normalized spacial score (nSPS) is 11.1. The van der Waals surface area contributed by atoms with Crippen molar-refractivity contribution in [3.05, 3.63) is 120 Å². The van der Waals surface area contributed by atoms with Crippen LogP contribution < -0.4 is 4.74 Å². The first-order valence-electron chi connectivity index (χ1n) is 14.1. The average molecular weight is 597 g/mol. The molecular weight excluding hydrogens is 560 g/mol. The van der Waals surface area contributed by atoms with E-state index in [9.17, 15) is 13.2 Å². The van der Waals surface area contributed by atoms with Crippen LogP contribution in [0.2, 0.25) is 0 Å². The van der Waals surface area contributed by atoms with E-state index in [0.717, 1.165) is 15.5 Å². The Morgan fingerprint density at radius 3 is 2.12 bits per heavy atom. The standard InChI is InChI=1S/C31H26N2O5S.C4H10/c1-2-37-31(34)30-29(26-16-10-9-13-23(26)20-32)27-19-24(38-21-22-11-5-3-6-12-22)17-18-28(27)33(30)39(35,36)25-14-7-4-8-15-25;1-4(2)3/h3-20,32H,2,21H2,1H3;4H,1-3H3.